The van der Waals surface area contributed by atoms with Crippen molar-refractivity contribution in [1.82, 2.24) is 0 Å². The summed E-state index contributed by atoms with van der Waals surface area (Å²) in [4.78, 5) is 3.31. The summed E-state index contributed by atoms with van der Waals surface area (Å²) >= 11 is 0. The first kappa shape index (κ1) is 12.0. The van der Waals surface area contributed by atoms with Crippen LogP contribution in [0.25, 0.3) is 0 Å². The second-order valence-corrected chi connectivity index (χ2v) is 3.93. The average Bonchev–Trinajstić information content (AvgIpc) is 2.73. The fourth-order valence-corrected chi connectivity index (χ4v) is 2.07. The Morgan fingerprint density at radius 2 is 1.65 bits per heavy atom. The van der Waals surface area contributed by atoms with E-state index in [1.165, 1.54) is 5.56 Å². The van der Waals surface area contributed by atoms with Gasteiger partial charge in [0.2, 0.25) is 5.69 Å². The molecule has 2 aromatic rings. The predicted molar refractivity (Wildman–Crippen MR) is 60.8 cm³/mol. The molecule has 0 aromatic heterocycles. The summed E-state index contributed by atoms with van der Waals surface area (Å²) in [5.74, 6) is 0.0813. The minimum Gasteiger partial charge on any atom is -0.872 e. The van der Waals surface area contributed by atoms with Crippen molar-refractivity contribution in [3.05, 3.63) is 59.7 Å². The average molecular weight is 216 g/mol. The molecule has 2 nitrogen and oxygen atoms in total. The van der Waals surface area contributed by atoms with Crippen LogP contribution in [0.4, 0.5) is 5.69 Å². The molecule has 0 fully saturated rings. The van der Waals surface area contributed by atoms with Gasteiger partial charge < -0.3 is 5.11 Å². The van der Waals surface area contributed by atoms with E-state index in [1.807, 2.05) is 30.3 Å². The van der Waals surface area contributed by atoms with Gasteiger partial charge in [-0.2, -0.15) is 0 Å². The minimum absolute atomic E-state index is 0. The summed E-state index contributed by atoms with van der Waals surface area (Å²) in [7, 11) is 0. The van der Waals surface area contributed by atoms with Gasteiger partial charge in [-0.25, -0.2) is 4.99 Å². The maximum Gasteiger partial charge on any atom is 1.00 e. The van der Waals surface area contributed by atoms with Gasteiger partial charge in [-0.15, -0.1) is 0 Å². The Kier molecular flexibility index (Phi) is 3.37. The third-order valence-electron chi connectivity index (χ3n) is 2.88. The van der Waals surface area contributed by atoms with E-state index in [4.69, 9.17) is 0 Å². The summed E-state index contributed by atoms with van der Waals surface area (Å²) in [5, 5.41) is 11.7. The summed E-state index contributed by atoms with van der Waals surface area (Å²) in [5.41, 5.74) is 4.15. The summed E-state index contributed by atoms with van der Waals surface area (Å²) in [6.45, 7) is 0. The fraction of sp³-hybridized carbons (Fsp3) is 0.0714. The molecule has 78 valence electrons. The van der Waals surface area contributed by atoms with Gasteiger partial charge in [-0.3, -0.25) is 0 Å². The molecule has 1 aliphatic rings. The normalized spacial score (nSPS) is 12.6. The first-order valence-electron chi connectivity index (χ1n) is 5.32. The van der Waals surface area contributed by atoms with Crippen LogP contribution in [0.2, 0.25) is 0 Å². The number of hydrogen-bond donors (Lipinski definition) is 1. The van der Waals surface area contributed by atoms with Crippen LogP contribution >= 0.6 is 0 Å². The number of para-hydroxylation sites is 2. The molecule has 0 amide bonds. The van der Waals surface area contributed by atoms with E-state index in [0.717, 1.165) is 23.4 Å². The number of nitrogens with one attached hydrogen (secondary N) is 1. The minimum atomic E-state index is 0. The van der Waals surface area contributed by atoms with Gasteiger partial charge in [0.05, 0.1) is 6.42 Å². The second-order valence-electron chi connectivity index (χ2n) is 3.93. The van der Waals surface area contributed by atoms with Crippen LogP contribution < -0.4 is 29.0 Å². The molecule has 0 spiro atoms. The molecule has 2 aromatic carbocycles. The third kappa shape index (κ3) is 2.15. The molecule has 0 saturated carbocycles. The first-order valence-corrected chi connectivity index (χ1v) is 5.32. The SMILES string of the molecule is [Li+].[O-]c1ccccc1C1=[NH+]c2ccccc2C1. The maximum atomic E-state index is 11.7. The molecule has 1 heterocycles. The summed E-state index contributed by atoms with van der Waals surface area (Å²) < 4.78 is 0. The third-order valence-corrected chi connectivity index (χ3v) is 2.88. The molecule has 0 bridgehead atoms. The smallest absolute Gasteiger partial charge is 0.872 e. The van der Waals surface area contributed by atoms with E-state index < -0.39 is 0 Å². The van der Waals surface area contributed by atoms with Crippen LogP contribution in [0.5, 0.6) is 5.75 Å². The molecule has 3 heteroatoms. The van der Waals surface area contributed by atoms with E-state index in [1.54, 1.807) is 12.1 Å². The van der Waals surface area contributed by atoms with Crippen LogP contribution in [0.15, 0.2) is 48.5 Å². The quantitative estimate of drug-likeness (QED) is 0.527. The van der Waals surface area contributed by atoms with Crippen molar-refractivity contribution >= 4 is 11.4 Å². The van der Waals surface area contributed by atoms with Gasteiger partial charge in [0.25, 0.3) is 0 Å². The standard InChI is InChI=1S/C14H11NO.Li/c16-14-8-4-2-6-11(14)13-9-10-5-1-3-7-12(10)15-13;/h1-8,16H,9H2;/q;+1. The van der Waals surface area contributed by atoms with Crippen LogP contribution in [-0.2, 0) is 6.42 Å². The van der Waals surface area contributed by atoms with Crippen LogP contribution in [0.1, 0.15) is 11.1 Å². The second kappa shape index (κ2) is 4.79. The van der Waals surface area contributed by atoms with Crippen molar-refractivity contribution in [3.63, 3.8) is 0 Å². The Morgan fingerprint density at radius 3 is 2.41 bits per heavy atom. The number of hydrogen-bond acceptors (Lipinski definition) is 1. The van der Waals surface area contributed by atoms with Gasteiger partial charge in [0, 0.05) is 17.2 Å². The molecule has 1 N–H and O–H groups in total. The monoisotopic (exact) mass is 216 g/mol. The topological polar surface area (TPSA) is 37.0 Å². The zero-order valence-corrected chi connectivity index (χ0v) is 9.73. The predicted octanol–water partition coefficient (Wildman–Crippen LogP) is -2.48. The van der Waals surface area contributed by atoms with Gasteiger partial charge in [-0.1, -0.05) is 42.1 Å². The first-order chi connectivity index (χ1) is 7.84. The van der Waals surface area contributed by atoms with Crippen molar-refractivity contribution in [1.29, 1.82) is 0 Å². The van der Waals surface area contributed by atoms with Crippen molar-refractivity contribution in [2.24, 2.45) is 0 Å². The van der Waals surface area contributed by atoms with Gasteiger partial charge >= 0.3 is 18.9 Å². The molecular weight excluding hydrogens is 205 g/mol. The molecular formula is C14H11LiNO+. The maximum absolute atomic E-state index is 11.7. The zero-order valence-electron chi connectivity index (χ0n) is 9.73. The van der Waals surface area contributed by atoms with Gasteiger partial charge in [0.1, 0.15) is 0 Å². The number of fused-ring (bicyclic) bond motifs is 1. The molecule has 0 saturated heterocycles. The van der Waals surface area contributed by atoms with Crippen molar-refractivity contribution in [2.75, 3.05) is 0 Å². The van der Waals surface area contributed by atoms with E-state index in [9.17, 15) is 5.11 Å². The zero-order chi connectivity index (χ0) is 11.0. The van der Waals surface area contributed by atoms with Crippen LogP contribution in [0.3, 0.4) is 0 Å². The Morgan fingerprint density at radius 1 is 0.941 bits per heavy atom. The Hall–Kier alpha value is -1.49. The Bertz CT molecular complexity index is 578. The van der Waals surface area contributed by atoms with E-state index >= 15 is 0 Å². The molecule has 0 radical (unpaired) electrons. The van der Waals surface area contributed by atoms with Gasteiger partial charge in [-0.05, 0) is 6.07 Å². The molecule has 0 atom stereocenters. The number of benzene rings is 2. The Balaban J connectivity index is 0.00000108. The van der Waals surface area contributed by atoms with Crippen LogP contribution in [-0.4, -0.2) is 5.71 Å². The van der Waals surface area contributed by atoms with Crippen molar-refractivity contribution < 1.29 is 29.0 Å². The Labute approximate surface area is 112 Å². The molecule has 3 rings (SSSR count). The van der Waals surface area contributed by atoms with Crippen molar-refractivity contribution in [2.45, 2.75) is 6.42 Å². The molecule has 0 aliphatic carbocycles. The molecule has 0 unspecified atom stereocenters. The van der Waals surface area contributed by atoms with E-state index in [0.29, 0.717) is 0 Å². The van der Waals surface area contributed by atoms with E-state index in [2.05, 4.69) is 11.1 Å². The van der Waals surface area contributed by atoms with Crippen molar-refractivity contribution in [3.8, 4) is 5.75 Å². The number of rotatable bonds is 1. The van der Waals surface area contributed by atoms with Crippen LogP contribution in [0, 0.1) is 0 Å². The van der Waals surface area contributed by atoms with Gasteiger partial charge in [0.15, 0.2) is 5.71 Å². The fourth-order valence-electron chi connectivity index (χ4n) is 2.07. The molecule has 17 heavy (non-hydrogen) atoms. The summed E-state index contributed by atoms with van der Waals surface area (Å²) in [6, 6.07) is 15.3. The largest absolute Gasteiger partial charge is 1.00 e. The molecule has 1 aliphatic heterocycles. The summed E-state index contributed by atoms with van der Waals surface area (Å²) in [6.07, 6.45) is 0.815. The van der Waals surface area contributed by atoms with E-state index in [-0.39, 0.29) is 24.6 Å².